The van der Waals surface area contributed by atoms with Crippen molar-refractivity contribution in [3.63, 3.8) is 0 Å². The molecule has 0 N–H and O–H groups in total. The number of esters is 3. The standard InChI is InChI=1S/C22H40O7/c1-11-16(29-19(25)22(8,9)10)28-15(14-27-18(24)21(5,6)7)12-13-26-17(23)20(2,3)4/h15-16H,11-14H2,1-10H3/t15-,16?/m0/s1. The van der Waals surface area contributed by atoms with Gasteiger partial charge in [0.1, 0.15) is 6.61 Å². The van der Waals surface area contributed by atoms with Gasteiger partial charge in [-0.3, -0.25) is 14.4 Å². The summed E-state index contributed by atoms with van der Waals surface area (Å²) in [6.07, 6.45) is -0.610. The number of ether oxygens (including phenoxy) is 4. The summed E-state index contributed by atoms with van der Waals surface area (Å²) in [5.74, 6) is -1.07. The van der Waals surface area contributed by atoms with Crippen molar-refractivity contribution in [2.45, 2.75) is 94.5 Å². The Bertz CT molecular complexity index is 547. The fourth-order valence-electron chi connectivity index (χ4n) is 1.79. The van der Waals surface area contributed by atoms with Crippen LogP contribution in [0.25, 0.3) is 0 Å². The molecular weight excluding hydrogens is 376 g/mol. The van der Waals surface area contributed by atoms with Gasteiger partial charge in [-0.2, -0.15) is 0 Å². The highest BCUT2D eigenvalue weighted by Crippen LogP contribution is 2.21. The van der Waals surface area contributed by atoms with E-state index in [2.05, 4.69) is 0 Å². The Morgan fingerprint density at radius 2 is 1.17 bits per heavy atom. The average Bonchev–Trinajstić information content (AvgIpc) is 2.55. The first kappa shape index (κ1) is 27.4. The Labute approximate surface area is 175 Å². The highest BCUT2D eigenvalue weighted by atomic mass is 16.7. The molecular formula is C22H40O7. The first-order valence-corrected chi connectivity index (χ1v) is 10.2. The van der Waals surface area contributed by atoms with Crippen LogP contribution in [0.4, 0.5) is 0 Å². The van der Waals surface area contributed by atoms with E-state index in [0.29, 0.717) is 12.8 Å². The number of rotatable bonds is 9. The zero-order chi connectivity index (χ0) is 23.0. The van der Waals surface area contributed by atoms with E-state index in [1.165, 1.54) is 0 Å². The van der Waals surface area contributed by atoms with Crippen molar-refractivity contribution in [2.24, 2.45) is 16.2 Å². The molecule has 0 aromatic rings. The van der Waals surface area contributed by atoms with Crippen molar-refractivity contribution in [3.05, 3.63) is 0 Å². The van der Waals surface area contributed by atoms with Gasteiger partial charge in [-0.1, -0.05) is 6.92 Å². The Hall–Kier alpha value is -1.63. The molecule has 29 heavy (non-hydrogen) atoms. The predicted octanol–water partition coefficient (Wildman–Crippen LogP) is 4.27. The lowest BCUT2D eigenvalue weighted by Gasteiger charge is -2.27. The molecule has 0 amide bonds. The normalized spacial score (nSPS) is 14.7. The molecule has 1 unspecified atom stereocenters. The van der Waals surface area contributed by atoms with Gasteiger partial charge < -0.3 is 18.9 Å². The van der Waals surface area contributed by atoms with Gasteiger partial charge in [0.05, 0.1) is 29.0 Å². The van der Waals surface area contributed by atoms with Crippen LogP contribution in [0.2, 0.25) is 0 Å². The van der Waals surface area contributed by atoms with Gasteiger partial charge in [0.25, 0.3) is 0 Å². The maximum atomic E-state index is 12.2. The van der Waals surface area contributed by atoms with E-state index in [1.54, 1.807) is 62.3 Å². The minimum atomic E-state index is -0.779. The third kappa shape index (κ3) is 11.2. The van der Waals surface area contributed by atoms with E-state index in [0.717, 1.165) is 0 Å². The zero-order valence-electron chi connectivity index (χ0n) is 19.8. The summed E-state index contributed by atoms with van der Waals surface area (Å²) in [6, 6.07) is 0. The second-order valence-electron chi connectivity index (χ2n) is 10.3. The third-order valence-corrected chi connectivity index (χ3v) is 3.83. The van der Waals surface area contributed by atoms with Crippen molar-refractivity contribution in [2.75, 3.05) is 13.2 Å². The maximum absolute atomic E-state index is 12.2. The molecule has 7 nitrogen and oxygen atoms in total. The van der Waals surface area contributed by atoms with Crippen molar-refractivity contribution < 1.29 is 33.3 Å². The van der Waals surface area contributed by atoms with Crippen LogP contribution in [0, 0.1) is 16.2 Å². The molecule has 0 bridgehead atoms. The van der Waals surface area contributed by atoms with Gasteiger partial charge in [-0.15, -0.1) is 0 Å². The molecule has 0 aromatic heterocycles. The molecule has 0 aliphatic rings. The second-order valence-corrected chi connectivity index (χ2v) is 10.3. The van der Waals surface area contributed by atoms with E-state index in [9.17, 15) is 14.4 Å². The molecule has 7 heteroatoms. The summed E-state index contributed by atoms with van der Waals surface area (Å²) >= 11 is 0. The van der Waals surface area contributed by atoms with Crippen molar-refractivity contribution in [1.29, 1.82) is 0 Å². The lowest BCUT2D eigenvalue weighted by Crippen LogP contribution is -2.36. The Kier molecular flexibility index (Phi) is 10.3. The molecule has 170 valence electrons. The van der Waals surface area contributed by atoms with Crippen LogP contribution in [0.1, 0.15) is 82.1 Å². The van der Waals surface area contributed by atoms with Gasteiger partial charge in [0, 0.05) is 12.8 Å². The number of hydrogen-bond donors (Lipinski definition) is 0. The van der Waals surface area contributed by atoms with E-state index >= 15 is 0 Å². The minimum Gasteiger partial charge on any atom is -0.465 e. The fourth-order valence-corrected chi connectivity index (χ4v) is 1.79. The Morgan fingerprint density at radius 3 is 1.59 bits per heavy atom. The van der Waals surface area contributed by atoms with Crippen LogP contribution in [0.15, 0.2) is 0 Å². The van der Waals surface area contributed by atoms with Crippen molar-refractivity contribution >= 4 is 17.9 Å². The first-order valence-electron chi connectivity index (χ1n) is 10.2. The molecule has 0 rings (SSSR count). The van der Waals surface area contributed by atoms with Crippen LogP contribution < -0.4 is 0 Å². The smallest absolute Gasteiger partial charge is 0.313 e. The summed E-state index contributed by atoms with van der Waals surface area (Å²) in [6.45, 7) is 17.8. The van der Waals surface area contributed by atoms with Gasteiger partial charge in [0.15, 0.2) is 0 Å². The van der Waals surface area contributed by atoms with Crippen molar-refractivity contribution in [1.82, 2.24) is 0 Å². The SMILES string of the molecule is CCC(OC(=O)C(C)(C)C)O[C@@H](CCOC(=O)C(C)(C)C)COC(=O)C(C)(C)C. The number of carbonyl (C=O) groups excluding carboxylic acids is 3. The minimum absolute atomic E-state index is 0.0211. The second kappa shape index (κ2) is 11.0. The summed E-state index contributed by atoms with van der Waals surface area (Å²) in [7, 11) is 0. The Morgan fingerprint density at radius 1 is 0.724 bits per heavy atom. The summed E-state index contributed by atoms with van der Waals surface area (Å²) in [5, 5.41) is 0. The monoisotopic (exact) mass is 416 g/mol. The molecule has 0 spiro atoms. The van der Waals surface area contributed by atoms with Gasteiger partial charge in [0.2, 0.25) is 6.29 Å². The van der Waals surface area contributed by atoms with Gasteiger partial charge >= 0.3 is 17.9 Å². The molecule has 0 aromatic carbocycles. The highest BCUT2D eigenvalue weighted by Gasteiger charge is 2.30. The van der Waals surface area contributed by atoms with Crippen LogP contribution >= 0.6 is 0 Å². The van der Waals surface area contributed by atoms with E-state index in [1.807, 2.05) is 6.92 Å². The predicted molar refractivity (Wildman–Crippen MR) is 110 cm³/mol. The van der Waals surface area contributed by atoms with Crippen LogP contribution in [0.3, 0.4) is 0 Å². The molecule has 0 heterocycles. The van der Waals surface area contributed by atoms with E-state index in [4.69, 9.17) is 18.9 Å². The van der Waals surface area contributed by atoms with Crippen LogP contribution in [-0.4, -0.2) is 43.5 Å². The number of carbonyl (C=O) groups is 3. The zero-order valence-corrected chi connectivity index (χ0v) is 19.8. The number of hydrogen-bond acceptors (Lipinski definition) is 7. The van der Waals surface area contributed by atoms with E-state index in [-0.39, 0.29) is 31.1 Å². The molecule has 0 aliphatic heterocycles. The van der Waals surface area contributed by atoms with Crippen LogP contribution in [-0.2, 0) is 33.3 Å². The lowest BCUT2D eigenvalue weighted by molar-refractivity contribution is -0.207. The lowest BCUT2D eigenvalue weighted by atomic mass is 9.97. The average molecular weight is 417 g/mol. The first-order chi connectivity index (χ1) is 13.0. The van der Waals surface area contributed by atoms with Gasteiger partial charge in [-0.05, 0) is 62.3 Å². The quantitative estimate of drug-likeness (QED) is 0.315. The van der Waals surface area contributed by atoms with Crippen LogP contribution in [0.5, 0.6) is 0 Å². The van der Waals surface area contributed by atoms with E-state index < -0.39 is 28.6 Å². The maximum Gasteiger partial charge on any atom is 0.313 e. The highest BCUT2D eigenvalue weighted by molar-refractivity contribution is 5.76. The molecule has 0 fully saturated rings. The van der Waals surface area contributed by atoms with Crippen molar-refractivity contribution in [3.8, 4) is 0 Å². The molecule has 0 saturated heterocycles. The molecule has 0 aliphatic carbocycles. The topological polar surface area (TPSA) is 88.1 Å². The van der Waals surface area contributed by atoms with Gasteiger partial charge in [-0.25, -0.2) is 0 Å². The fraction of sp³-hybridized carbons (Fsp3) is 0.864. The molecule has 0 radical (unpaired) electrons. The molecule has 0 saturated carbocycles. The summed E-state index contributed by atoms with van der Waals surface area (Å²) in [4.78, 5) is 36.2. The largest absolute Gasteiger partial charge is 0.465 e. The Balaban J connectivity index is 5.02. The third-order valence-electron chi connectivity index (χ3n) is 3.83. The molecule has 2 atom stereocenters. The summed E-state index contributed by atoms with van der Waals surface area (Å²) < 4.78 is 22.0. The summed E-state index contributed by atoms with van der Waals surface area (Å²) in [5.41, 5.74) is -1.91.